The summed E-state index contributed by atoms with van der Waals surface area (Å²) in [7, 11) is 0. The van der Waals surface area contributed by atoms with E-state index in [1.54, 1.807) is 0 Å². The van der Waals surface area contributed by atoms with E-state index in [4.69, 9.17) is 0 Å². The molecule has 5 nitrogen and oxygen atoms in total. The number of alkyl halides is 3. The fourth-order valence-electron chi connectivity index (χ4n) is 2.23. The van der Waals surface area contributed by atoms with Gasteiger partial charge in [-0.1, -0.05) is 52.9 Å². The molecule has 1 amide bonds. The van der Waals surface area contributed by atoms with E-state index in [0.717, 1.165) is 29.1 Å². The van der Waals surface area contributed by atoms with Crippen molar-refractivity contribution in [3.63, 3.8) is 0 Å². The smallest absolute Gasteiger partial charge is 0.330 e. The van der Waals surface area contributed by atoms with Crippen molar-refractivity contribution in [2.75, 3.05) is 16.4 Å². The highest BCUT2D eigenvalue weighted by atomic mass is 32.2. The van der Waals surface area contributed by atoms with Crippen molar-refractivity contribution in [2.45, 2.75) is 17.4 Å². The van der Waals surface area contributed by atoms with E-state index in [2.05, 4.69) is 20.8 Å². The molecule has 0 fully saturated rings. The number of hydrogen-bond acceptors (Lipinski definition) is 6. The van der Waals surface area contributed by atoms with Crippen molar-refractivity contribution >= 4 is 45.5 Å². The minimum Gasteiger partial charge on any atom is -0.330 e. The van der Waals surface area contributed by atoms with Crippen LogP contribution in [0, 0.1) is 6.92 Å². The van der Waals surface area contributed by atoms with Crippen LogP contribution < -0.4 is 10.6 Å². The summed E-state index contributed by atoms with van der Waals surface area (Å²) in [4.78, 5) is 12.0. The summed E-state index contributed by atoms with van der Waals surface area (Å²) in [5.41, 5.74) is 0.852. The molecule has 0 aliphatic rings. The molecule has 0 atom stereocenters. The quantitative estimate of drug-likeness (QED) is 0.523. The van der Waals surface area contributed by atoms with Gasteiger partial charge in [-0.3, -0.25) is 4.79 Å². The summed E-state index contributed by atoms with van der Waals surface area (Å²) in [5, 5.41) is 13.9. The molecule has 0 radical (unpaired) electrons. The number of aryl methyl sites for hydroxylation is 1. The molecule has 0 saturated heterocycles. The number of hydrogen-bond donors (Lipinski definition) is 2. The second-order valence-electron chi connectivity index (χ2n) is 5.74. The molecule has 0 aliphatic carbocycles. The lowest BCUT2D eigenvalue weighted by molar-refractivity contribution is -0.137. The zero-order valence-corrected chi connectivity index (χ0v) is 16.2. The first kappa shape index (κ1) is 20.2. The number of thioether (sulfide) groups is 1. The topological polar surface area (TPSA) is 66.9 Å². The first-order valence-electron chi connectivity index (χ1n) is 8.07. The first-order chi connectivity index (χ1) is 13.3. The second-order valence-corrected chi connectivity index (χ2v) is 7.94. The van der Waals surface area contributed by atoms with Gasteiger partial charge in [-0.25, -0.2) is 0 Å². The largest absolute Gasteiger partial charge is 0.418 e. The van der Waals surface area contributed by atoms with Crippen LogP contribution in [0.4, 0.5) is 29.7 Å². The number of nitrogens with one attached hydrogen (secondary N) is 2. The van der Waals surface area contributed by atoms with E-state index in [1.807, 2.05) is 31.2 Å². The molecule has 0 spiro atoms. The van der Waals surface area contributed by atoms with Gasteiger partial charge in [0, 0.05) is 5.69 Å². The summed E-state index contributed by atoms with van der Waals surface area (Å²) < 4.78 is 39.5. The number of amides is 1. The third kappa shape index (κ3) is 5.46. The average Bonchev–Trinajstić information content (AvgIpc) is 3.09. The van der Waals surface area contributed by atoms with Crippen molar-refractivity contribution in [2.24, 2.45) is 0 Å². The number of rotatable bonds is 6. The minimum absolute atomic E-state index is 0.0780. The summed E-state index contributed by atoms with van der Waals surface area (Å²) >= 11 is 2.36. The van der Waals surface area contributed by atoms with E-state index in [0.29, 0.717) is 9.47 Å². The van der Waals surface area contributed by atoms with Gasteiger partial charge in [-0.15, -0.1) is 10.2 Å². The third-order valence-corrected chi connectivity index (χ3v) is 5.51. The Morgan fingerprint density at radius 3 is 2.54 bits per heavy atom. The molecule has 0 bridgehead atoms. The van der Waals surface area contributed by atoms with Crippen LogP contribution in [0.3, 0.4) is 0 Å². The van der Waals surface area contributed by atoms with E-state index >= 15 is 0 Å². The van der Waals surface area contributed by atoms with Gasteiger partial charge < -0.3 is 10.6 Å². The van der Waals surface area contributed by atoms with Crippen LogP contribution in [0.25, 0.3) is 0 Å². The van der Waals surface area contributed by atoms with Crippen molar-refractivity contribution < 1.29 is 18.0 Å². The maximum atomic E-state index is 13.0. The Bertz CT molecular complexity index is 958. The zero-order valence-electron chi connectivity index (χ0n) is 14.6. The molecule has 0 unspecified atom stereocenters. The molecule has 10 heteroatoms. The molecular weight excluding hydrogens is 409 g/mol. The van der Waals surface area contributed by atoms with Gasteiger partial charge in [0.2, 0.25) is 11.0 Å². The van der Waals surface area contributed by atoms with E-state index in [-0.39, 0.29) is 11.4 Å². The van der Waals surface area contributed by atoms with Crippen molar-refractivity contribution in [3.05, 3.63) is 59.7 Å². The number of carbonyl (C=O) groups excluding carboxylic acids is 1. The van der Waals surface area contributed by atoms with Crippen molar-refractivity contribution in [1.29, 1.82) is 0 Å². The van der Waals surface area contributed by atoms with Crippen LogP contribution >= 0.6 is 23.1 Å². The summed E-state index contributed by atoms with van der Waals surface area (Å²) in [6, 6.07) is 12.6. The van der Waals surface area contributed by atoms with Crippen LogP contribution in [0.1, 0.15) is 11.1 Å². The highest BCUT2D eigenvalue weighted by Gasteiger charge is 2.33. The highest BCUT2D eigenvalue weighted by molar-refractivity contribution is 8.01. The Balaban J connectivity index is 1.56. The Morgan fingerprint density at radius 2 is 1.82 bits per heavy atom. The van der Waals surface area contributed by atoms with E-state index < -0.39 is 17.6 Å². The lowest BCUT2D eigenvalue weighted by Gasteiger charge is -2.13. The van der Waals surface area contributed by atoms with Gasteiger partial charge in [-0.2, -0.15) is 13.2 Å². The Hall–Kier alpha value is -2.59. The predicted octanol–water partition coefficient (Wildman–Crippen LogP) is 5.34. The van der Waals surface area contributed by atoms with Gasteiger partial charge in [0.25, 0.3) is 0 Å². The Labute approximate surface area is 167 Å². The molecule has 1 heterocycles. The van der Waals surface area contributed by atoms with Crippen LogP contribution in [0.5, 0.6) is 0 Å². The van der Waals surface area contributed by atoms with Crippen LogP contribution in [0.2, 0.25) is 0 Å². The molecule has 3 aromatic rings. The van der Waals surface area contributed by atoms with Gasteiger partial charge in [0.05, 0.1) is 17.0 Å². The number of carbonyl (C=O) groups is 1. The number of para-hydroxylation sites is 1. The van der Waals surface area contributed by atoms with Crippen LogP contribution in [-0.2, 0) is 11.0 Å². The Kier molecular flexibility index (Phi) is 6.20. The Morgan fingerprint density at radius 1 is 1.11 bits per heavy atom. The summed E-state index contributed by atoms with van der Waals surface area (Å²) in [5.74, 6) is -0.629. The fourth-order valence-corrected chi connectivity index (χ4v) is 3.80. The first-order valence-corrected chi connectivity index (χ1v) is 9.87. The molecule has 0 aliphatic heterocycles. The average molecular weight is 424 g/mol. The SMILES string of the molecule is Cc1ccc(Nc2nnc(SCC(=O)Nc3ccccc3C(F)(F)F)s2)cc1. The zero-order chi connectivity index (χ0) is 20.1. The highest BCUT2D eigenvalue weighted by Crippen LogP contribution is 2.35. The maximum absolute atomic E-state index is 13.0. The predicted molar refractivity (Wildman–Crippen MR) is 105 cm³/mol. The molecule has 2 aromatic carbocycles. The number of halogens is 3. The normalized spacial score (nSPS) is 11.3. The molecule has 0 saturated carbocycles. The lowest BCUT2D eigenvalue weighted by Crippen LogP contribution is -2.18. The molecule has 146 valence electrons. The van der Waals surface area contributed by atoms with Gasteiger partial charge in [-0.05, 0) is 31.2 Å². The monoisotopic (exact) mass is 424 g/mol. The molecule has 1 aromatic heterocycles. The van der Waals surface area contributed by atoms with Crippen molar-refractivity contribution in [3.8, 4) is 0 Å². The number of aromatic nitrogens is 2. The number of benzene rings is 2. The minimum atomic E-state index is -4.53. The lowest BCUT2D eigenvalue weighted by atomic mass is 10.1. The molecular formula is C18H15F3N4OS2. The molecule has 28 heavy (non-hydrogen) atoms. The van der Waals surface area contributed by atoms with Gasteiger partial charge in [0.15, 0.2) is 4.34 Å². The fraction of sp³-hybridized carbons (Fsp3) is 0.167. The molecule has 3 rings (SSSR count). The van der Waals surface area contributed by atoms with E-state index in [1.165, 1.54) is 29.5 Å². The number of nitrogens with zero attached hydrogens (tertiary/aromatic N) is 2. The molecule has 2 N–H and O–H groups in total. The number of anilines is 3. The van der Waals surface area contributed by atoms with Gasteiger partial charge >= 0.3 is 6.18 Å². The standard InChI is InChI=1S/C18H15F3N4OS2/c1-11-6-8-12(9-7-11)22-16-24-25-17(28-16)27-10-15(26)23-14-5-3-2-4-13(14)18(19,20)21/h2-9H,10H2,1H3,(H,22,24)(H,23,26). The summed E-state index contributed by atoms with van der Waals surface area (Å²) in [6.07, 6.45) is -4.53. The summed E-state index contributed by atoms with van der Waals surface area (Å²) in [6.45, 7) is 1.99. The van der Waals surface area contributed by atoms with E-state index in [9.17, 15) is 18.0 Å². The second kappa shape index (κ2) is 8.61. The van der Waals surface area contributed by atoms with Crippen LogP contribution in [-0.4, -0.2) is 21.9 Å². The van der Waals surface area contributed by atoms with Crippen molar-refractivity contribution in [1.82, 2.24) is 10.2 Å². The van der Waals surface area contributed by atoms with Crippen LogP contribution in [0.15, 0.2) is 52.9 Å². The maximum Gasteiger partial charge on any atom is 0.418 e. The third-order valence-electron chi connectivity index (χ3n) is 3.54. The van der Waals surface area contributed by atoms with Gasteiger partial charge in [0.1, 0.15) is 0 Å².